The third-order valence-electron chi connectivity index (χ3n) is 4.63. The summed E-state index contributed by atoms with van der Waals surface area (Å²) < 4.78 is 0. The summed E-state index contributed by atoms with van der Waals surface area (Å²) in [6, 6.07) is 11.1. The Morgan fingerprint density at radius 1 is 1.24 bits per heavy atom. The van der Waals surface area contributed by atoms with E-state index in [1.54, 1.807) is 5.56 Å². The molecular formula is C17H16. The van der Waals surface area contributed by atoms with Crippen LogP contribution in [0.15, 0.2) is 36.9 Å². The van der Waals surface area contributed by atoms with Crippen molar-refractivity contribution in [3.05, 3.63) is 53.6 Å². The van der Waals surface area contributed by atoms with E-state index < -0.39 is 0 Å². The topological polar surface area (TPSA) is 0 Å². The summed E-state index contributed by atoms with van der Waals surface area (Å²) in [7, 11) is 0. The van der Waals surface area contributed by atoms with Crippen LogP contribution in [-0.4, -0.2) is 0 Å². The lowest BCUT2D eigenvalue weighted by Gasteiger charge is -2.14. The van der Waals surface area contributed by atoms with Crippen LogP contribution in [0.1, 0.15) is 29.0 Å². The first kappa shape index (κ1) is 9.47. The molecule has 0 radical (unpaired) electrons. The number of benzene rings is 2. The van der Waals surface area contributed by atoms with Crippen molar-refractivity contribution in [2.75, 3.05) is 0 Å². The first-order valence-electron chi connectivity index (χ1n) is 6.46. The summed E-state index contributed by atoms with van der Waals surface area (Å²) in [4.78, 5) is 0. The molecule has 2 unspecified atom stereocenters. The van der Waals surface area contributed by atoms with Crippen LogP contribution in [0.25, 0.3) is 16.8 Å². The standard InChI is InChI=1S/C17H16/c1-3-12-10(2)13-7-5-4-6-11(13)8-14(12)17-15-9-16(15)17/h3-8,15-17H,1,9H2,2H3. The van der Waals surface area contributed by atoms with E-state index in [1.807, 2.05) is 0 Å². The van der Waals surface area contributed by atoms with E-state index in [0.717, 1.165) is 17.8 Å². The number of aryl methyl sites for hydroxylation is 1. The highest BCUT2D eigenvalue weighted by Gasteiger charge is 2.64. The zero-order chi connectivity index (χ0) is 11.6. The van der Waals surface area contributed by atoms with E-state index in [0.29, 0.717) is 0 Å². The molecule has 0 heteroatoms. The maximum Gasteiger partial charge on any atom is -0.00931 e. The molecule has 0 saturated heterocycles. The molecule has 0 nitrogen and oxygen atoms in total. The van der Waals surface area contributed by atoms with Crippen molar-refractivity contribution in [2.24, 2.45) is 11.8 Å². The van der Waals surface area contributed by atoms with Crippen LogP contribution in [0.3, 0.4) is 0 Å². The van der Waals surface area contributed by atoms with Gasteiger partial charge in [-0.05, 0) is 58.6 Å². The van der Waals surface area contributed by atoms with Crippen LogP contribution in [0.4, 0.5) is 0 Å². The molecule has 0 N–H and O–H groups in total. The van der Waals surface area contributed by atoms with Crippen molar-refractivity contribution in [3.8, 4) is 0 Å². The Bertz CT molecular complexity index is 628. The Morgan fingerprint density at radius 3 is 2.65 bits per heavy atom. The van der Waals surface area contributed by atoms with Crippen molar-refractivity contribution >= 4 is 16.8 Å². The highest BCUT2D eigenvalue weighted by atomic mass is 14.7. The Morgan fingerprint density at radius 2 is 2.00 bits per heavy atom. The van der Waals surface area contributed by atoms with Crippen molar-refractivity contribution < 1.29 is 0 Å². The van der Waals surface area contributed by atoms with Crippen molar-refractivity contribution in [2.45, 2.75) is 19.3 Å². The van der Waals surface area contributed by atoms with Gasteiger partial charge in [0.2, 0.25) is 0 Å². The number of hydrogen-bond acceptors (Lipinski definition) is 0. The minimum absolute atomic E-state index is 0.853. The van der Waals surface area contributed by atoms with Gasteiger partial charge in [0, 0.05) is 0 Å². The molecule has 0 heterocycles. The summed E-state index contributed by atoms with van der Waals surface area (Å²) in [5.41, 5.74) is 4.35. The second-order valence-electron chi connectivity index (χ2n) is 5.52. The summed E-state index contributed by atoms with van der Waals surface area (Å²) in [6.07, 6.45) is 3.52. The molecule has 2 aromatic carbocycles. The van der Waals surface area contributed by atoms with Crippen molar-refractivity contribution in [1.29, 1.82) is 0 Å². The Balaban J connectivity index is 2.01. The lowest BCUT2D eigenvalue weighted by molar-refractivity contribution is 0.777. The maximum atomic E-state index is 4.01. The van der Waals surface area contributed by atoms with Crippen molar-refractivity contribution in [1.82, 2.24) is 0 Å². The summed E-state index contributed by atoms with van der Waals surface area (Å²) in [6.45, 7) is 6.24. The molecular weight excluding hydrogens is 204 g/mol. The lowest BCUT2D eigenvalue weighted by Crippen LogP contribution is -1.96. The van der Waals surface area contributed by atoms with Gasteiger partial charge in [0.15, 0.2) is 0 Å². The van der Waals surface area contributed by atoms with Gasteiger partial charge < -0.3 is 0 Å². The van der Waals surface area contributed by atoms with Gasteiger partial charge in [0.1, 0.15) is 0 Å². The second kappa shape index (κ2) is 3.01. The molecule has 0 aromatic heterocycles. The molecule has 4 rings (SSSR count). The molecule has 0 aliphatic heterocycles. The fourth-order valence-electron chi connectivity index (χ4n) is 3.36. The minimum atomic E-state index is 0.853. The molecule has 2 saturated carbocycles. The average molecular weight is 220 g/mol. The van der Waals surface area contributed by atoms with Crippen molar-refractivity contribution in [3.63, 3.8) is 0 Å². The Kier molecular flexibility index (Phi) is 1.68. The van der Waals surface area contributed by atoms with Crippen LogP contribution in [0, 0.1) is 18.8 Å². The van der Waals surface area contributed by atoms with Gasteiger partial charge in [-0.15, -0.1) is 0 Å². The zero-order valence-corrected chi connectivity index (χ0v) is 10.1. The third-order valence-corrected chi connectivity index (χ3v) is 4.63. The van der Waals surface area contributed by atoms with Gasteiger partial charge in [-0.1, -0.05) is 43.0 Å². The molecule has 0 bridgehead atoms. The third kappa shape index (κ3) is 1.18. The molecule has 2 aliphatic rings. The quantitative estimate of drug-likeness (QED) is 0.697. The number of rotatable bonds is 2. The Hall–Kier alpha value is -1.56. The second-order valence-corrected chi connectivity index (χ2v) is 5.52. The molecule has 84 valence electrons. The van der Waals surface area contributed by atoms with Gasteiger partial charge >= 0.3 is 0 Å². The van der Waals surface area contributed by atoms with Crippen LogP contribution >= 0.6 is 0 Å². The molecule has 2 aliphatic carbocycles. The summed E-state index contributed by atoms with van der Waals surface area (Å²) in [5, 5.41) is 2.76. The van der Waals surface area contributed by atoms with Gasteiger partial charge in [-0.3, -0.25) is 0 Å². The first-order chi connectivity index (χ1) is 8.31. The highest BCUT2D eigenvalue weighted by molar-refractivity contribution is 5.90. The number of hydrogen-bond donors (Lipinski definition) is 0. The normalized spacial score (nSPS) is 28.9. The largest absolute Gasteiger partial charge is 0.0984 e. The number of fused-ring (bicyclic) bond motifs is 2. The van der Waals surface area contributed by atoms with E-state index in [2.05, 4.69) is 49.9 Å². The molecule has 2 atom stereocenters. The minimum Gasteiger partial charge on any atom is -0.0984 e. The summed E-state index contributed by atoms with van der Waals surface area (Å²) in [5.74, 6) is 2.87. The lowest BCUT2D eigenvalue weighted by atomic mass is 9.90. The molecule has 0 amide bonds. The fourth-order valence-corrected chi connectivity index (χ4v) is 3.36. The maximum absolute atomic E-state index is 4.01. The van der Waals surface area contributed by atoms with E-state index in [1.165, 1.54) is 28.3 Å². The smallest absolute Gasteiger partial charge is 0.00931 e. The van der Waals surface area contributed by atoms with E-state index in [-0.39, 0.29) is 0 Å². The predicted octanol–water partition coefficient (Wildman–Crippen LogP) is 4.52. The molecule has 17 heavy (non-hydrogen) atoms. The Labute approximate surface area is 102 Å². The average Bonchev–Trinajstić information content (AvgIpc) is 3.20. The molecule has 0 spiro atoms. The van der Waals surface area contributed by atoms with Gasteiger partial charge in [0.25, 0.3) is 0 Å². The fraction of sp³-hybridized carbons (Fsp3) is 0.294. The zero-order valence-electron chi connectivity index (χ0n) is 10.1. The van der Waals surface area contributed by atoms with Gasteiger partial charge in [0.05, 0.1) is 0 Å². The molecule has 2 aromatic rings. The van der Waals surface area contributed by atoms with Crippen LogP contribution < -0.4 is 0 Å². The highest BCUT2D eigenvalue weighted by Crippen LogP contribution is 2.74. The summed E-state index contributed by atoms with van der Waals surface area (Å²) >= 11 is 0. The van der Waals surface area contributed by atoms with E-state index in [9.17, 15) is 0 Å². The van der Waals surface area contributed by atoms with Crippen LogP contribution in [0.2, 0.25) is 0 Å². The molecule has 2 fully saturated rings. The van der Waals surface area contributed by atoms with E-state index >= 15 is 0 Å². The van der Waals surface area contributed by atoms with Crippen LogP contribution in [0.5, 0.6) is 0 Å². The predicted molar refractivity (Wildman–Crippen MR) is 73.1 cm³/mol. The van der Waals surface area contributed by atoms with Gasteiger partial charge in [-0.25, -0.2) is 0 Å². The first-order valence-corrected chi connectivity index (χ1v) is 6.46. The van der Waals surface area contributed by atoms with E-state index in [4.69, 9.17) is 0 Å². The monoisotopic (exact) mass is 220 g/mol. The SMILES string of the molecule is C=Cc1c(C2C3CC32)cc2ccccc2c1C. The van der Waals surface area contributed by atoms with Gasteiger partial charge in [-0.2, -0.15) is 0 Å². The van der Waals surface area contributed by atoms with Crippen LogP contribution in [-0.2, 0) is 0 Å².